The maximum Gasteiger partial charge on any atom is 0.234 e. The number of amides is 1. The Labute approximate surface area is 231 Å². The number of nitrogens with zero attached hydrogens (tertiary/aromatic N) is 3. The van der Waals surface area contributed by atoms with Gasteiger partial charge in [0.25, 0.3) is 0 Å². The fourth-order valence-electron chi connectivity index (χ4n) is 4.01. The fourth-order valence-corrected chi connectivity index (χ4v) is 4.77. The molecule has 0 spiro atoms. The van der Waals surface area contributed by atoms with Crippen molar-refractivity contribution in [3.8, 4) is 22.9 Å². The number of thioether (sulfide) groups is 1. The summed E-state index contributed by atoms with van der Waals surface area (Å²) in [6.07, 6.45) is 0. The smallest absolute Gasteiger partial charge is 0.234 e. The molecule has 5 aromatic rings. The zero-order valence-corrected chi connectivity index (χ0v) is 22.5. The van der Waals surface area contributed by atoms with E-state index in [1.165, 1.54) is 17.3 Å². The van der Waals surface area contributed by atoms with Gasteiger partial charge in [0.15, 0.2) is 11.0 Å². The molecule has 0 saturated heterocycles. The van der Waals surface area contributed by atoms with Crippen LogP contribution in [0.15, 0.2) is 108 Å². The number of carbonyl (C=O) groups is 1. The van der Waals surface area contributed by atoms with Crippen LogP contribution in [0.5, 0.6) is 17.2 Å². The van der Waals surface area contributed by atoms with Crippen LogP contribution in [0.25, 0.3) is 5.69 Å². The first-order valence-corrected chi connectivity index (χ1v) is 13.5. The van der Waals surface area contributed by atoms with Gasteiger partial charge in [0.05, 0.1) is 11.4 Å². The first-order valence-electron chi connectivity index (χ1n) is 12.5. The van der Waals surface area contributed by atoms with Crippen molar-refractivity contribution >= 4 is 23.4 Å². The van der Waals surface area contributed by atoms with Gasteiger partial charge in [-0.25, -0.2) is 0 Å². The number of carbonyl (C=O) groups excluding carboxylic acids is 1. The van der Waals surface area contributed by atoms with Crippen LogP contribution in [0.4, 0.5) is 5.69 Å². The molecule has 0 aliphatic heterocycles. The standard InChI is InChI=1S/C31H28N4O3S/c1-22-13-18-28(23(2)19-22)35-29(20-37-25-9-5-3-6-10-25)33-34-31(35)39-21-30(36)32-24-14-16-27(17-15-24)38-26-11-7-4-8-12-26/h3-19H,20-21H2,1-2H3,(H,32,36). The minimum atomic E-state index is -0.144. The lowest BCUT2D eigenvalue weighted by molar-refractivity contribution is -0.113. The predicted molar refractivity (Wildman–Crippen MR) is 154 cm³/mol. The second-order valence-corrected chi connectivity index (χ2v) is 9.84. The van der Waals surface area contributed by atoms with E-state index in [9.17, 15) is 4.79 Å². The Balaban J connectivity index is 1.26. The van der Waals surface area contributed by atoms with Gasteiger partial charge in [-0.05, 0) is 74.0 Å². The van der Waals surface area contributed by atoms with Crippen LogP contribution in [-0.4, -0.2) is 26.4 Å². The number of aromatic nitrogens is 3. The number of benzene rings is 4. The summed E-state index contributed by atoms with van der Waals surface area (Å²) in [5.41, 5.74) is 3.89. The monoisotopic (exact) mass is 536 g/mol. The van der Waals surface area contributed by atoms with E-state index in [2.05, 4.69) is 41.5 Å². The van der Waals surface area contributed by atoms with Crippen LogP contribution in [0, 0.1) is 13.8 Å². The summed E-state index contributed by atoms with van der Waals surface area (Å²) in [4.78, 5) is 12.8. The van der Waals surface area contributed by atoms with Gasteiger partial charge in [0.2, 0.25) is 5.91 Å². The number of anilines is 1. The van der Waals surface area contributed by atoms with E-state index in [4.69, 9.17) is 9.47 Å². The molecule has 0 unspecified atom stereocenters. The number of rotatable bonds is 10. The van der Waals surface area contributed by atoms with E-state index in [1.807, 2.05) is 95.6 Å². The molecule has 1 heterocycles. The largest absolute Gasteiger partial charge is 0.486 e. The van der Waals surface area contributed by atoms with Gasteiger partial charge in [-0.1, -0.05) is 65.9 Å². The Hall–Kier alpha value is -4.56. The SMILES string of the molecule is Cc1ccc(-n2c(COc3ccccc3)nnc2SCC(=O)Nc2ccc(Oc3ccccc3)cc2)c(C)c1. The first kappa shape index (κ1) is 26.1. The number of para-hydroxylation sites is 2. The molecule has 0 saturated carbocycles. The molecule has 0 aliphatic rings. The highest BCUT2D eigenvalue weighted by molar-refractivity contribution is 7.99. The molecule has 1 aromatic heterocycles. The Bertz CT molecular complexity index is 1540. The lowest BCUT2D eigenvalue weighted by Crippen LogP contribution is -2.15. The van der Waals surface area contributed by atoms with Gasteiger partial charge in [0.1, 0.15) is 23.9 Å². The van der Waals surface area contributed by atoms with Crippen molar-refractivity contribution < 1.29 is 14.3 Å². The van der Waals surface area contributed by atoms with E-state index >= 15 is 0 Å². The van der Waals surface area contributed by atoms with Crippen molar-refractivity contribution in [2.75, 3.05) is 11.1 Å². The topological polar surface area (TPSA) is 78.3 Å². The Morgan fingerprint density at radius 2 is 1.49 bits per heavy atom. The predicted octanol–water partition coefficient (Wildman–Crippen LogP) is 6.99. The molecule has 0 radical (unpaired) electrons. The van der Waals surface area contributed by atoms with Crippen LogP contribution in [0.1, 0.15) is 17.0 Å². The van der Waals surface area contributed by atoms with Gasteiger partial charge in [-0.2, -0.15) is 0 Å². The molecule has 1 N–H and O–H groups in total. The summed E-state index contributed by atoms with van der Waals surface area (Å²) in [5.74, 6) is 2.89. The second-order valence-electron chi connectivity index (χ2n) is 8.90. The van der Waals surface area contributed by atoms with E-state index in [0.29, 0.717) is 22.4 Å². The molecule has 0 fully saturated rings. The average molecular weight is 537 g/mol. The molecule has 5 rings (SSSR count). The molecule has 8 heteroatoms. The van der Waals surface area contributed by atoms with Crippen LogP contribution >= 0.6 is 11.8 Å². The van der Waals surface area contributed by atoms with E-state index in [-0.39, 0.29) is 18.3 Å². The summed E-state index contributed by atoms with van der Waals surface area (Å²) in [7, 11) is 0. The van der Waals surface area contributed by atoms with Gasteiger partial charge in [-0.15, -0.1) is 10.2 Å². The lowest BCUT2D eigenvalue weighted by atomic mass is 10.1. The zero-order chi connectivity index (χ0) is 27.0. The lowest BCUT2D eigenvalue weighted by Gasteiger charge is -2.14. The Kier molecular flexibility index (Phi) is 8.23. The fraction of sp³-hybridized carbons (Fsp3) is 0.129. The summed E-state index contributed by atoms with van der Waals surface area (Å²) in [6.45, 7) is 4.35. The highest BCUT2D eigenvalue weighted by Gasteiger charge is 2.18. The number of hydrogen-bond acceptors (Lipinski definition) is 6. The molecule has 1 amide bonds. The molecule has 4 aromatic carbocycles. The van der Waals surface area contributed by atoms with Crippen LogP contribution in [-0.2, 0) is 11.4 Å². The minimum Gasteiger partial charge on any atom is -0.486 e. The number of nitrogens with one attached hydrogen (secondary N) is 1. The number of aryl methyl sites for hydroxylation is 2. The van der Waals surface area contributed by atoms with Gasteiger partial charge in [0, 0.05) is 5.69 Å². The van der Waals surface area contributed by atoms with Gasteiger partial charge in [-0.3, -0.25) is 9.36 Å². The minimum absolute atomic E-state index is 0.144. The molecule has 0 atom stereocenters. The summed E-state index contributed by atoms with van der Waals surface area (Å²) in [5, 5.41) is 12.4. The quantitative estimate of drug-likeness (QED) is 0.194. The maximum atomic E-state index is 12.8. The summed E-state index contributed by atoms with van der Waals surface area (Å²) < 4.78 is 13.7. The Morgan fingerprint density at radius 3 is 2.18 bits per heavy atom. The van der Waals surface area contributed by atoms with Crippen molar-refractivity contribution in [1.29, 1.82) is 0 Å². The normalized spacial score (nSPS) is 10.7. The summed E-state index contributed by atoms with van der Waals surface area (Å²) >= 11 is 1.33. The molecule has 0 bridgehead atoms. The van der Waals surface area contributed by atoms with Crippen molar-refractivity contribution in [3.05, 3.63) is 120 Å². The van der Waals surface area contributed by atoms with Crippen molar-refractivity contribution in [1.82, 2.24) is 14.8 Å². The van der Waals surface area contributed by atoms with Gasteiger partial charge < -0.3 is 14.8 Å². The Morgan fingerprint density at radius 1 is 0.821 bits per heavy atom. The van der Waals surface area contributed by atoms with Crippen LogP contribution < -0.4 is 14.8 Å². The third-order valence-electron chi connectivity index (χ3n) is 5.85. The zero-order valence-electron chi connectivity index (χ0n) is 21.7. The molecule has 39 heavy (non-hydrogen) atoms. The molecule has 0 aliphatic carbocycles. The first-order chi connectivity index (χ1) is 19.0. The van der Waals surface area contributed by atoms with Crippen molar-refractivity contribution in [2.45, 2.75) is 25.6 Å². The molecular weight excluding hydrogens is 508 g/mol. The molecular formula is C31H28N4O3S. The van der Waals surface area contributed by atoms with E-state index in [1.54, 1.807) is 0 Å². The summed E-state index contributed by atoms with van der Waals surface area (Å²) in [6, 6.07) is 32.6. The van der Waals surface area contributed by atoms with Crippen LogP contribution in [0.2, 0.25) is 0 Å². The van der Waals surface area contributed by atoms with Crippen molar-refractivity contribution in [2.24, 2.45) is 0 Å². The third kappa shape index (κ3) is 6.86. The third-order valence-corrected chi connectivity index (χ3v) is 6.78. The molecule has 7 nitrogen and oxygen atoms in total. The number of hydrogen-bond donors (Lipinski definition) is 1. The van der Waals surface area contributed by atoms with E-state index in [0.717, 1.165) is 22.7 Å². The molecule has 196 valence electrons. The number of ether oxygens (including phenoxy) is 2. The van der Waals surface area contributed by atoms with Gasteiger partial charge >= 0.3 is 0 Å². The van der Waals surface area contributed by atoms with E-state index < -0.39 is 0 Å². The maximum absolute atomic E-state index is 12.8. The second kappa shape index (κ2) is 12.3. The van der Waals surface area contributed by atoms with Crippen molar-refractivity contribution in [3.63, 3.8) is 0 Å². The van der Waals surface area contributed by atoms with Crippen LogP contribution in [0.3, 0.4) is 0 Å². The average Bonchev–Trinajstić information content (AvgIpc) is 3.35. The highest BCUT2D eigenvalue weighted by atomic mass is 32.2. The highest BCUT2D eigenvalue weighted by Crippen LogP contribution is 2.27.